The number of carbonyl (C=O) groups is 1. The van der Waals surface area contributed by atoms with Crippen LogP contribution in [-0.4, -0.2) is 30.5 Å². The minimum atomic E-state index is 0.00415. The molecule has 0 saturated heterocycles. The minimum absolute atomic E-state index is 0.00415. The largest absolute Gasteiger partial charge is 0.484 e. The van der Waals surface area contributed by atoms with E-state index in [9.17, 15) is 4.79 Å². The van der Waals surface area contributed by atoms with E-state index in [0.717, 1.165) is 11.3 Å². The molecule has 94 valence electrons. The number of amides is 1. The summed E-state index contributed by atoms with van der Waals surface area (Å²) < 4.78 is 5.44. The molecule has 1 aromatic rings. The van der Waals surface area contributed by atoms with Gasteiger partial charge in [0, 0.05) is 18.8 Å². The number of likely N-dealkylation sites (N-methyl/N-ethyl adjacent to an activating group) is 1. The molecule has 0 aromatic heterocycles. The average molecular weight is 236 g/mol. The molecular weight excluding hydrogens is 216 g/mol. The fourth-order valence-electron chi connectivity index (χ4n) is 1.55. The fourth-order valence-corrected chi connectivity index (χ4v) is 1.55. The Morgan fingerprint density at radius 2 is 2.00 bits per heavy atom. The third-order valence-corrected chi connectivity index (χ3v) is 2.72. The van der Waals surface area contributed by atoms with Crippen molar-refractivity contribution in [3.63, 3.8) is 0 Å². The first-order chi connectivity index (χ1) is 8.08. The number of hydrogen-bond acceptors (Lipinski definition) is 3. The van der Waals surface area contributed by atoms with E-state index in [1.807, 2.05) is 26.8 Å². The van der Waals surface area contributed by atoms with Gasteiger partial charge in [0.2, 0.25) is 0 Å². The Bertz CT molecular complexity index is 387. The van der Waals surface area contributed by atoms with Crippen molar-refractivity contribution in [1.29, 1.82) is 0 Å². The Balaban J connectivity index is 2.55. The number of ether oxygens (including phenoxy) is 1. The summed E-state index contributed by atoms with van der Waals surface area (Å²) in [5.41, 5.74) is 7.39. The van der Waals surface area contributed by atoms with Gasteiger partial charge in [-0.3, -0.25) is 4.79 Å². The number of carbonyl (C=O) groups excluding carboxylic acids is 1. The number of benzene rings is 1. The van der Waals surface area contributed by atoms with E-state index in [4.69, 9.17) is 10.5 Å². The number of rotatable bonds is 5. The number of hydrogen-bond donors (Lipinski definition) is 1. The number of nitrogen functional groups attached to an aromatic ring is 1. The van der Waals surface area contributed by atoms with Crippen molar-refractivity contribution >= 4 is 11.6 Å². The molecule has 0 aliphatic carbocycles. The van der Waals surface area contributed by atoms with E-state index >= 15 is 0 Å². The van der Waals surface area contributed by atoms with Gasteiger partial charge in [-0.1, -0.05) is 0 Å². The first-order valence-electron chi connectivity index (χ1n) is 5.85. The molecule has 0 aliphatic heterocycles. The quantitative estimate of drug-likeness (QED) is 0.793. The summed E-state index contributed by atoms with van der Waals surface area (Å²) in [7, 11) is 0. The standard InChI is InChI=1S/C13H20N2O2/c1-4-15(5-2)13(16)9-17-11-6-7-12(14)10(3)8-11/h6-8H,4-5,9,14H2,1-3H3. The second kappa shape index (κ2) is 6.13. The zero-order valence-corrected chi connectivity index (χ0v) is 10.7. The van der Waals surface area contributed by atoms with Crippen LogP contribution in [0.15, 0.2) is 18.2 Å². The SMILES string of the molecule is CCN(CC)C(=O)COc1ccc(N)c(C)c1. The van der Waals surface area contributed by atoms with Gasteiger partial charge in [-0.25, -0.2) is 0 Å². The number of anilines is 1. The van der Waals surface area contributed by atoms with Gasteiger partial charge in [0.15, 0.2) is 6.61 Å². The molecule has 4 nitrogen and oxygen atoms in total. The molecule has 0 spiro atoms. The number of nitrogens with two attached hydrogens (primary N) is 1. The van der Waals surface area contributed by atoms with E-state index < -0.39 is 0 Å². The molecule has 0 saturated carbocycles. The summed E-state index contributed by atoms with van der Waals surface area (Å²) in [6.07, 6.45) is 0. The van der Waals surface area contributed by atoms with Crippen LogP contribution in [0.25, 0.3) is 0 Å². The molecule has 0 heterocycles. The molecule has 1 aromatic carbocycles. The summed E-state index contributed by atoms with van der Waals surface area (Å²) in [4.78, 5) is 13.4. The van der Waals surface area contributed by atoms with Gasteiger partial charge in [0.1, 0.15) is 5.75 Å². The van der Waals surface area contributed by atoms with Crippen LogP contribution in [0, 0.1) is 6.92 Å². The highest BCUT2D eigenvalue weighted by Gasteiger charge is 2.10. The Hall–Kier alpha value is -1.71. The normalized spacial score (nSPS) is 10.1. The lowest BCUT2D eigenvalue weighted by Crippen LogP contribution is -2.34. The Morgan fingerprint density at radius 1 is 1.35 bits per heavy atom. The molecule has 1 amide bonds. The van der Waals surface area contributed by atoms with Crippen molar-refractivity contribution < 1.29 is 9.53 Å². The van der Waals surface area contributed by atoms with Crippen LogP contribution in [0.4, 0.5) is 5.69 Å². The molecule has 2 N–H and O–H groups in total. The van der Waals surface area contributed by atoms with E-state index in [1.165, 1.54) is 0 Å². The van der Waals surface area contributed by atoms with Crippen molar-refractivity contribution in [1.82, 2.24) is 4.90 Å². The first-order valence-corrected chi connectivity index (χ1v) is 5.85. The summed E-state index contributed by atoms with van der Waals surface area (Å²) >= 11 is 0. The lowest BCUT2D eigenvalue weighted by molar-refractivity contribution is -0.132. The van der Waals surface area contributed by atoms with Crippen LogP contribution in [0.2, 0.25) is 0 Å². The molecule has 0 radical (unpaired) electrons. The Kier molecular flexibility index (Phi) is 4.82. The lowest BCUT2D eigenvalue weighted by Gasteiger charge is -2.18. The highest BCUT2D eigenvalue weighted by atomic mass is 16.5. The predicted molar refractivity (Wildman–Crippen MR) is 69.0 cm³/mol. The maximum absolute atomic E-state index is 11.7. The van der Waals surface area contributed by atoms with Gasteiger partial charge in [-0.15, -0.1) is 0 Å². The fraction of sp³-hybridized carbons (Fsp3) is 0.462. The summed E-state index contributed by atoms with van der Waals surface area (Å²) in [5, 5.41) is 0. The molecule has 1 rings (SSSR count). The number of nitrogens with zero attached hydrogens (tertiary/aromatic N) is 1. The highest BCUT2D eigenvalue weighted by molar-refractivity contribution is 5.77. The second-order valence-corrected chi connectivity index (χ2v) is 3.87. The molecule has 4 heteroatoms. The van der Waals surface area contributed by atoms with E-state index in [1.54, 1.807) is 17.0 Å². The molecule has 0 unspecified atom stereocenters. The molecule has 0 atom stereocenters. The second-order valence-electron chi connectivity index (χ2n) is 3.87. The maximum atomic E-state index is 11.7. The van der Waals surface area contributed by atoms with Crippen molar-refractivity contribution in [2.45, 2.75) is 20.8 Å². The van der Waals surface area contributed by atoms with Gasteiger partial charge >= 0.3 is 0 Å². The molecule has 0 aliphatic rings. The van der Waals surface area contributed by atoms with Gasteiger partial charge in [0.25, 0.3) is 5.91 Å². The molecule has 0 fully saturated rings. The molecule has 17 heavy (non-hydrogen) atoms. The van der Waals surface area contributed by atoms with Gasteiger partial charge in [0.05, 0.1) is 0 Å². The summed E-state index contributed by atoms with van der Waals surface area (Å²) in [6, 6.07) is 5.40. The van der Waals surface area contributed by atoms with Crippen LogP contribution in [0.1, 0.15) is 19.4 Å². The Morgan fingerprint density at radius 3 is 2.53 bits per heavy atom. The molecule has 0 bridgehead atoms. The van der Waals surface area contributed by atoms with Crippen molar-refractivity contribution in [3.05, 3.63) is 23.8 Å². The monoisotopic (exact) mass is 236 g/mol. The Labute approximate surface area is 102 Å². The zero-order valence-electron chi connectivity index (χ0n) is 10.7. The topological polar surface area (TPSA) is 55.6 Å². The van der Waals surface area contributed by atoms with Gasteiger partial charge in [-0.2, -0.15) is 0 Å². The van der Waals surface area contributed by atoms with Crippen molar-refractivity contribution in [3.8, 4) is 5.75 Å². The van der Waals surface area contributed by atoms with Crippen LogP contribution >= 0.6 is 0 Å². The van der Waals surface area contributed by atoms with Crippen LogP contribution in [0.5, 0.6) is 5.75 Å². The summed E-state index contributed by atoms with van der Waals surface area (Å²) in [5.74, 6) is 0.682. The van der Waals surface area contributed by atoms with Crippen molar-refractivity contribution in [2.75, 3.05) is 25.4 Å². The number of aryl methyl sites for hydroxylation is 1. The first kappa shape index (κ1) is 13.4. The minimum Gasteiger partial charge on any atom is -0.484 e. The van der Waals surface area contributed by atoms with E-state index in [-0.39, 0.29) is 12.5 Å². The van der Waals surface area contributed by atoms with Crippen molar-refractivity contribution in [2.24, 2.45) is 0 Å². The van der Waals surface area contributed by atoms with Gasteiger partial charge in [-0.05, 0) is 44.5 Å². The highest BCUT2D eigenvalue weighted by Crippen LogP contribution is 2.18. The molecular formula is C13H20N2O2. The van der Waals surface area contributed by atoms with E-state index in [0.29, 0.717) is 18.8 Å². The van der Waals surface area contributed by atoms with Crippen LogP contribution < -0.4 is 10.5 Å². The zero-order chi connectivity index (χ0) is 12.8. The summed E-state index contributed by atoms with van der Waals surface area (Å²) in [6.45, 7) is 7.31. The maximum Gasteiger partial charge on any atom is 0.260 e. The predicted octanol–water partition coefficient (Wildman–Crippen LogP) is 1.82. The van der Waals surface area contributed by atoms with E-state index in [2.05, 4.69) is 0 Å². The smallest absolute Gasteiger partial charge is 0.260 e. The third-order valence-electron chi connectivity index (χ3n) is 2.72. The van der Waals surface area contributed by atoms with Crippen LogP contribution in [0.3, 0.4) is 0 Å². The van der Waals surface area contributed by atoms with Crippen LogP contribution in [-0.2, 0) is 4.79 Å². The lowest BCUT2D eigenvalue weighted by atomic mass is 10.2. The third kappa shape index (κ3) is 3.66. The average Bonchev–Trinajstić information content (AvgIpc) is 2.32. The van der Waals surface area contributed by atoms with Gasteiger partial charge < -0.3 is 15.4 Å².